The second kappa shape index (κ2) is 7.56. The second-order valence-corrected chi connectivity index (χ2v) is 10.2. The first kappa shape index (κ1) is 20.6. The normalized spacial score (nSPS) is 40.5. The third-order valence-electron chi connectivity index (χ3n) is 8.67. The predicted molar refractivity (Wildman–Crippen MR) is 115 cm³/mol. The van der Waals surface area contributed by atoms with Gasteiger partial charge in [-0.3, -0.25) is 9.59 Å². The highest BCUT2D eigenvalue weighted by Crippen LogP contribution is 2.65. The number of hydrogen-bond acceptors (Lipinski definition) is 3. The van der Waals surface area contributed by atoms with Crippen molar-refractivity contribution in [2.75, 3.05) is 6.61 Å². The third-order valence-corrected chi connectivity index (χ3v) is 8.67. The highest BCUT2D eigenvalue weighted by atomic mass is 16.5. The molecule has 4 rings (SSSR count). The fourth-order valence-electron chi connectivity index (χ4n) is 7.07. The van der Waals surface area contributed by atoms with Crippen LogP contribution in [0.2, 0.25) is 0 Å². The van der Waals surface area contributed by atoms with Crippen LogP contribution in [0, 0.1) is 34.5 Å². The molecule has 0 aromatic carbocycles. The van der Waals surface area contributed by atoms with Crippen LogP contribution in [0.5, 0.6) is 0 Å². The molecular formula is C26H36O3. The summed E-state index contributed by atoms with van der Waals surface area (Å²) in [6, 6.07) is 0. The summed E-state index contributed by atoms with van der Waals surface area (Å²) in [5.74, 6) is 2.97. The minimum atomic E-state index is -0.150. The molecule has 0 unspecified atom stereocenters. The minimum absolute atomic E-state index is 0.0668. The maximum Gasteiger partial charge on any atom is 0.178 e. The molecule has 0 radical (unpaired) electrons. The van der Waals surface area contributed by atoms with E-state index in [-0.39, 0.29) is 22.5 Å². The van der Waals surface area contributed by atoms with Crippen LogP contribution in [-0.4, -0.2) is 18.2 Å². The lowest BCUT2D eigenvalue weighted by molar-refractivity contribution is -0.126. The maximum atomic E-state index is 12.4. The van der Waals surface area contributed by atoms with Crippen LogP contribution in [0.25, 0.3) is 0 Å². The van der Waals surface area contributed by atoms with Crippen LogP contribution >= 0.6 is 0 Å². The van der Waals surface area contributed by atoms with Gasteiger partial charge in [-0.1, -0.05) is 39.7 Å². The van der Waals surface area contributed by atoms with E-state index in [0.717, 1.165) is 49.9 Å². The predicted octanol–water partition coefficient (Wildman–Crippen LogP) is 5.81. The summed E-state index contributed by atoms with van der Waals surface area (Å²) in [5, 5.41) is 0. The summed E-state index contributed by atoms with van der Waals surface area (Å²) in [6.07, 6.45) is 15.8. The molecule has 6 atom stereocenters. The van der Waals surface area contributed by atoms with Crippen molar-refractivity contribution in [2.24, 2.45) is 34.5 Å². The van der Waals surface area contributed by atoms with Gasteiger partial charge in [-0.2, -0.15) is 0 Å². The molecule has 0 spiro atoms. The van der Waals surface area contributed by atoms with E-state index >= 15 is 0 Å². The van der Waals surface area contributed by atoms with E-state index in [1.807, 2.05) is 6.08 Å². The average Bonchev–Trinajstić information content (AvgIpc) is 3.04. The number of hydrogen-bond donors (Lipinski definition) is 0. The van der Waals surface area contributed by atoms with Gasteiger partial charge in [0, 0.05) is 16.9 Å². The molecular weight excluding hydrogens is 360 g/mol. The smallest absolute Gasteiger partial charge is 0.178 e. The first-order valence-electron chi connectivity index (χ1n) is 11.6. The van der Waals surface area contributed by atoms with Crippen LogP contribution < -0.4 is 0 Å². The first-order chi connectivity index (χ1) is 13.8. The van der Waals surface area contributed by atoms with Gasteiger partial charge in [0.05, 0.1) is 6.61 Å². The van der Waals surface area contributed by atoms with E-state index in [1.165, 1.54) is 6.42 Å². The van der Waals surface area contributed by atoms with Crippen molar-refractivity contribution < 1.29 is 14.3 Å². The van der Waals surface area contributed by atoms with Gasteiger partial charge in [-0.05, 0) is 80.4 Å². The summed E-state index contributed by atoms with van der Waals surface area (Å²) in [5.41, 5.74) is 1.03. The number of ether oxygens (including phenoxy) is 1. The van der Waals surface area contributed by atoms with Crippen molar-refractivity contribution in [3.05, 3.63) is 35.6 Å². The maximum absolute atomic E-state index is 12.4. The van der Waals surface area contributed by atoms with Gasteiger partial charge in [0.1, 0.15) is 11.5 Å². The van der Waals surface area contributed by atoms with Crippen molar-refractivity contribution in [3.63, 3.8) is 0 Å². The largest absolute Gasteiger partial charge is 0.494 e. The van der Waals surface area contributed by atoms with Crippen molar-refractivity contribution in [2.45, 2.75) is 72.6 Å². The zero-order valence-electron chi connectivity index (χ0n) is 18.5. The Balaban J connectivity index is 1.71. The van der Waals surface area contributed by atoms with Crippen molar-refractivity contribution in [3.8, 4) is 0 Å². The number of rotatable bonds is 6. The molecule has 0 aliphatic heterocycles. The number of fused-ring (bicyclic) bond motifs is 5. The number of Topliss-reactive ketones (excluding diaryl/α,β-unsaturated/α-hetero) is 1. The molecule has 4 aliphatic rings. The summed E-state index contributed by atoms with van der Waals surface area (Å²) < 4.78 is 6.31. The van der Waals surface area contributed by atoms with E-state index < -0.39 is 0 Å². The van der Waals surface area contributed by atoms with E-state index in [0.29, 0.717) is 30.1 Å². The van der Waals surface area contributed by atoms with Crippen LogP contribution in [0.4, 0.5) is 0 Å². The molecule has 3 nitrogen and oxygen atoms in total. The molecule has 0 aromatic heterocycles. The van der Waals surface area contributed by atoms with E-state index in [9.17, 15) is 9.59 Å². The Morgan fingerprint density at radius 3 is 2.69 bits per heavy atom. The molecule has 0 aromatic rings. The van der Waals surface area contributed by atoms with Crippen LogP contribution in [0.3, 0.4) is 0 Å². The zero-order chi connectivity index (χ0) is 20.8. The number of carbonyl (C=O) groups excluding carboxylic acids is 2. The van der Waals surface area contributed by atoms with Gasteiger partial charge in [0.25, 0.3) is 0 Å². The zero-order valence-corrected chi connectivity index (χ0v) is 18.5. The molecule has 0 N–H and O–H groups in total. The first-order valence-corrected chi connectivity index (χ1v) is 11.6. The number of ketones is 2. The standard InChI is InChI=1S/C26H36O3/c1-5-6-7-14-29-24-16-19-21-9-8-20(17(2)27)25(21,3)13-11-22(19)26(4)12-10-18(28)15-23(24)26/h10,12,15-16,19-22H,5-9,11,13-14H2,1-4H3/t19-,20+,21-,22-,25+,26+/m0/s1. The molecule has 2 saturated carbocycles. The quantitative estimate of drug-likeness (QED) is 0.532. The molecule has 2 fully saturated rings. The van der Waals surface area contributed by atoms with Gasteiger partial charge in [-0.15, -0.1) is 0 Å². The molecule has 4 aliphatic carbocycles. The minimum Gasteiger partial charge on any atom is -0.494 e. The van der Waals surface area contributed by atoms with E-state index in [1.54, 1.807) is 13.0 Å². The van der Waals surface area contributed by atoms with Gasteiger partial charge in [-0.25, -0.2) is 0 Å². The Bertz CT molecular complexity index is 788. The highest BCUT2D eigenvalue weighted by Gasteiger charge is 2.59. The SMILES string of the molecule is CCCCCOC1=C[C@H]2[C@@H]3CC[C@H](C(C)=O)[C@@]3(C)CC[C@@H]2[C@@]2(C)C=CC(=O)C=C12. The third kappa shape index (κ3) is 3.25. The Labute approximate surface area is 175 Å². The van der Waals surface area contributed by atoms with Crippen LogP contribution in [-0.2, 0) is 14.3 Å². The van der Waals surface area contributed by atoms with Crippen LogP contribution in [0.15, 0.2) is 35.6 Å². The fourth-order valence-corrected chi connectivity index (χ4v) is 7.07. The molecule has 158 valence electrons. The topological polar surface area (TPSA) is 43.4 Å². The molecule has 0 amide bonds. The molecule has 0 saturated heterocycles. The molecule has 3 heteroatoms. The van der Waals surface area contributed by atoms with Gasteiger partial charge in [0.2, 0.25) is 0 Å². The second-order valence-electron chi connectivity index (χ2n) is 10.2. The lowest BCUT2D eigenvalue weighted by Gasteiger charge is -2.55. The summed E-state index contributed by atoms with van der Waals surface area (Å²) in [6.45, 7) is 9.34. The Hall–Kier alpha value is -1.64. The summed E-state index contributed by atoms with van der Waals surface area (Å²) in [7, 11) is 0. The molecule has 0 bridgehead atoms. The van der Waals surface area contributed by atoms with Gasteiger partial charge < -0.3 is 4.74 Å². The summed E-state index contributed by atoms with van der Waals surface area (Å²) >= 11 is 0. The molecule has 0 heterocycles. The Morgan fingerprint density at radius 1 is 1.17 bits per heavy atom. The van der Waals surface area contributed by atoms with Crippen molar-refractivity contribution in [1.29, 1.82) is 0 Å². The van der Waals surface area contributed by atoms with Crippen molar-refractivity contribution >= 4 is 11.6 Å². The summed E-state index contributed by atoms with van der Waals surface area (Å²) in [4.78, 5) is 24.6. The molecule has 29 heavy (non-hydrogen) atoms. The number of unbranched alkanes of at least 4 members (excludes halogenated alkanes) is 2. The highest BCUT2D eigenvalue weighted by molar-refractivity contribution is 6.01. The fraction of sp³-hybridized carbons (Fsp3) is 0.692. The van der Waals surface area contributed by atoms with E-state index in [4.69, 9.17) is 4.74 Å². The lowest BCUT2D eigenvalue weighted by Crippen LogP contribution is -2.49. The number of carbonyl (C=O) groups is 2. The average molecular weight is 397 g/mol. The Kier molecular flexibility index (Phi) is 5.38. The van der Waals surface area contributed by atoms with E-state index in [2.05, 4.69) is 32.9 Å². The lowest BCUT2D eigenvalue weighted by atomic mass is 9.49. The van der Waals surface area contributed by atoms with Gasteiger partial charge in [0.15, 0.2) is 5.78 Å². The number of allylic oxidation sites excluding steroid dienone is 5. The Morgan fingerprint density at radius 2 is 1.97 bits per heavy atom. The monoisotopic (exact) mass is 396 g/mol. The van der Waals surface area contributed by atoms with Crippen molar-refractivity contribution in [1.82, 2.24) is 0 Å². The van der Waals surface area contributed by atoms with Crippen LogP contribution in [0.1, 0.15) is 72.6 Å². The van der Waals surface area contributed by atoms with Gasteiger partial charge >= 0.3 is 0 Å².